The summed E-state index contributed by atoms with van der Waals surface area (Å²) in [6.07, 6.45) is -0.226. The molecule has 3 heteroatoms. The Morgan fingerprint density at radius 1 is 1.14 bits per heavy atom. The van der Waals surface area contributed by atoms with E-state index in [1.165, 1.54) is 0 Å². The number of hydrogen-bond donors (Lipinski definition) is 1. The monoisotopic (exact) mass is 282 g/mol. The van der Waals surface area contributed by atoms with E-state index in [4.69, 9.17) is 9.47 Å². The van der Waals surface area contributed by atoms with Gasteiger partial charge in [-0.2, -0.15) is 0 Å². The van der Waals surface area contributed by atoms with Crippen LogP contribution in [-0.4, -0.2) is 18.3 Å². The van der Waals surface area contributed by atoms with Crippen molar-refractivity contribution in [3.05, 3.63) is 59.7 Å². The molecule has 21 heavy (non-hydrogen) atoms. The summed E-state index contributed by atoms with van der Waals surface area (Å²) in [7, 11) is 1.58. The fourth-order valence-electron chi connectivity index (χ4n) is 1.76. The smallest absolute Gasteiger partial charge is 0.131 e. The largest absolute Gasteiger partial charge is 0.507 e. The number of hydrogen-bond acceptors (Lipinski definition) is 3. The molecule has 0 heterocycles. The number of rotatable bonds is 4. The molecule has 0 saturated heterocycles. The maximum atomic E-state index is 9.75. The Hall–Kier alpha value is -2.44. The molecule has 0 aliphatic carbocycles. The summed E-state index contributed by atoms with van der Waals surface area (Å²) in [5.74, 6) is 6.69. The molecular formula is C18H18O3. The maximum absolute atomic E-state index is 9.75. The molecule has 1 atom stereocenters. The van der Waals surface area contributed by atoms with Crippen molar-refractivity contribution in [3.63, 3.8) is 0 Å². The van der Waals surface area contributed by atoms with E-state index >= 15 is 0 Å². The summed E-state index contributed by atoms with van der Waals surface area (Å²) in [4.78, 5) is 0. The molecule has 2 aromatic carbocycles. The van der Waals surface area contributed by atoms with Crippen LogP contribution in [0.2, 0.25) is 0 Å². The van der Waals surface area contributed by atoms with Gasteiger partial charge in [-0.3, -0.25) is 0 Å². The minimum Gasteiger partial charge on any atom is -0.507 e. The Balaban J connectivity index is 1.98. The van der Waals surface area contributed by atoms with Crippen LogP contribution in [0.5, 0.6) is 11.5 Å². The zero-order chi connectivity index (χ0) is 15.1. The number of methoxy groups -OCH3 is 1. The van der Waals surface area contributed by atoms with Crippen LogP contribution in [0.1, 0.15) is 18.1 Å². The van der Waals surface area contributed by atoms with Crippen LogP contribution in [0.25, 0.3) is 0 Å². The molecule has 0 aromatic heterocycles. The molecule has 0 radical (unpaired) electrons. The van der Waals surface area contributed by atoms with Crippen molar-refractivity contribution < 1.29 is 14.6 Å². The van der Waals surface area contributed by atoms with Gasteiger partial charge >= 0.3 is 0 Å². The molecular weight excluding hydrogens is 264 g/mol. The minimum atomic E-state index is -0.226. The Labute approximate surface area is 125 Å². The van der Waals surface area contributed by atoms with Crippen LogP contribution in [0, 0.1) is 11.8 Å². The first kappa shape index (κ1) is 15.0. The lowest BCUT2D eigenvalue weighted by atomic mass is 10.2. The summed E-state index contributed by atoms with van der Waals surface area (Å²) in [5.41, 5.74) is 1.64. The summed E-state index contributed by atoms with van der Waals surface area (Å²) >= 11 is 0. The van der Waals surface area contributed by atoms with Crippen LogP contribution < -0.4 is 4.74 Å². The average molecular weight is 282 g/mol. The van der Waals surface area contributed by atoms with E-state index in [0.717, 1.165) is 5.56 Å². The van der Waals surface area contributed by atoms with Gasteiger partial charge in [0, 0.05) is 0 Å². The number of benzene rings is 2. The highest BCUT2D eigenvalue weighted by Gasteiger charge is 2.02. The Morgan fingerprint density at radius 3 is 2.62 bits per heavy atom. The molecule has 2 aromatic rings. The summed E-state index contributed by atoms with van der Waals surface area (Å²) in [5, 5.41) is 9.75. The minimum absolute atomic E-state index is 0.138. The predicted molar refractivity (Wildman–Crippen MR) is 82.2 cm³/mol. The lowest BCUT2D eigenvalue weighted by molar-refractivity contribution is 0.0901. The van der Waals surface area contributed by atoms with E-state index < -0.39 is 0 Å². The fourth-order valence-corrected chi connectivity index (χ4v) is 1.76. The van der Waals surface area contributed by atoms with Crippen molar-refractivity contribution in [1.82, 2.24) is 0 Å². The van der Waals surface area contributed by atoms with Crippen LogP contribution in [0.3, 0.4) is 0 Å². The zero-order valence-electron chi connectivity index (χ0n) is 12.2. The van der Waals surface area contributed by atoms with Gasteiger partial charge < -0.3 is 14.6 Å². The van der Waals surface area contributed by atoms with Crippen molar-refractivity contribution in [2.75, 3.05) is 7.11 Å². The van der Waals surface area contributed by atoms with Gasteiger partial charge in [-0.15, -0.1) is 0 Å². The second-order valence-electron chi connectivity index (χ2n) is 4.59. The van der Waals surface area contributed by atoms with E-state index in [2.05, 4.69) is 11.8 Å². The zero-order valence-corrected chi connectivity index (χ0v) is 12.2. The van der Waals surface area contributed by atoms with E-state index in [1.807, 2.05) is 37.3 Å². The highest BCUT2D eigenvalue weighted by atomic mass is 16.5. The van der Waals surface area contributed by atoms with Crippen LogP contribution in [0.4, 0.5) is 0 Å². The van der Waals surface area contributed by atoms with E-state index in [9.17, 15) is 5.11 Å². The van der Waals surface area contributed by atoms with E-state index in [0.29, 0.717) is 17.9 Å². The SMILES string of the molecule is COc1ccc(O)c(C#CC(C)OCc2ccccc2)c1. The van der Waals surface area contributed by atoms with Gasteiger partial charge in [0.2, 0.25) is 0 Å². The predicted octanol–water partition coefficient (Wildman–Crippen LogP) is 3.36. The molecule has 1 N–H and O–H groups in total. The topological polar surface area (TPSA) is 38.7 Å². The van der Waals surface area contributed by atoms with Crippen LogP contribution in [0.15, 0.2) is 48.5 Å². The third-order valence-corrected chi connectivity index (χ3v) is 2.96. The normalized spacial score (nSPS) is 11.3. The summed E-state index contributed by atoms with van der Waals surface area (Å²) in [6, 6.07) is 14.9. The summed E-state index contributed by atoms with van der Waals surface area (Å²) in [6.45, 7) is 2.40. The third kappa shape index (κ3) is 4.55. The molecule has 2 rings (SSSR count). The first-order valence-corrected chi connectivity index (χ1v) is 6.73. The first-order valence-electron chi connectivity index (χ1n) is 6.73. The van der Waals surface area contributed by atoms with Gasteiger partial charge in [-0.25, -0.2) is 0 Å². The van der Waals surface area contributed by atoms with Crippen molar-refractivity contribution >= 4 is 0 Å². The van der Waals surface area contributed by atoms with Gasteiger partial charge in [0.15, 0.2) is 0 Å². The quantitative estimate of drug-likeness (QED) is 0.874. The Kier molecular flexibility index (Phi) is 5.25. The lowest BCUT2D eigenvalue weighted by Crippen LogP contribution is -2.05. The maximum Gasteiger partial charge on any atom is 0.131 e. The van der Waals surface area contributed by atoms with E-state index in [-0.39, 0.29) is 11.9 Å². The number of phenols is 1. The second-order valence-corrected chi connectivity index (χ2v) is 4.59. The Bertz CT molecular complexity index is 639. The van der Waals surface area contributed by atoms with Crippen molar-refractivity contribution in [3.8, 4) is 23.3 Å². The molecule has 0 bridgehead atoms. The van der Waals surface area contributed by atoms with Crippen molar-refractivity contribution in [1.29, 1.82) is 0 Å². The number of phenolic OH excluding ortho intramolecular Hbond substituents is 1. The second kappa shape index (κ2) is 7.37. The van der Waals surface area contributed by atoms with E-state index in [1.54, 1.807) is 25.3 Å². The van der Waals surface area contributed by atoms with Crippen molar-refractivity contribution in [2.45, 2.75) is 19.6 Å². The standard InChI is InChI=1S/C18H18O3/c1-14(21-13-15-6-4-3-5-7-15)8-9-16-12-17(20-2)10-11-18(16)19/h3-7,10-12,14,19H,13H2,1-2H3. The molecule has 3 nitrogen and oxygen atoms in total. The van der Waals surface area contributed by atoms with Gasteiger partial charge in [0.1, 0.15) is 17.6 Å². The number of ether oxygens (including phenoxy) is 2. The first-order chi connectivity index (χ1) is 10.2. The molecule has 0 amide bonds. The highest BCUT2D eigenvalue weighted by molar-refractivity contribution is 5.49. The fraction of sp³-hybridized carbons (Fsp3) is 0.222. The molecule has 1 unspecified atom stereocenters. The number of aromatic hydroxyl groups is 1. The molecule has 0 spiro atoms. The molecule has 0 aliphatic heterocycles. The van der Waals surface area contributed by atoms with Crippen LogP contribution in [-0.2, 0) is 11.3 Å². The average Bonchev–Trinajstić information content (AvgIpc) is 2.53. The molecule has 0 saturated carbocycles. The lowest BCUT2D eigenvalue weighted by Gasteiger charge is -2.07. The van der Waals surface area contributed by atoms with Gasteiger partial charge in [0.05, 0.1) is 19.3 Å². The summed E-state index contributed by atoms with van der Waals surface area (Å²) < 4.78 is 10.8. The third-order valence-electron chi connectivity index (χ3n) is 2.96. The highest BCUT2D eigenvalue weighted by Crippen LogP contribution is 2.21. The molecule has 108 valence electrons. The van der Waals surface area contributed by atoms with Crippen molar-refractivity contribution in [2.24, 2.45) is 0 Å². The molecule has 0 fully saturated rings. The van der Waals surface area contributed by atoms with Gasteiger partial charge in [0.25, 0.3) is 0 Å². The van der Waals surface area contributed by atoms with Gasteiger partial charge in [-0.1, -0.05) is 42.2 Å². The Morgan fingerprint density at radius 2 is 1.90 bits per heavy atom. The van der Waals surface area contributed by atoms with Crippen LogP contribution >= 0.6 is 0 Å². The molecule has 0 aliphatic rings. The van der Waals surface area contributed by atoms with Gasteiger partial charge in [-0.05, 0) is 30.7 Å².